The molecule has 3 aromatic rings. The van der Waals surface area contributed by atoms with E-state index in [0.29, 0.717) is 52.4 Å². The number of nitrogens with zero attached hydrogens (tertiary/aromatic N) is 2. The Morgan fingerprint density at radius 2 is 1.91 bits per heavy atom. The molecule has 1 saturated heterocycles. The molecule has 0 radical (unpaired) electrons. The second-order valence-electron chi connectivity index (χ2n) is 8.68. The van der Waals surface area contributed by atoms with Crippen LogP contribution in [-0.2, 0) is 31.0 Å². The SMILES string of the molecule is Cn1c(Cc2c(Cl)ccc(CN3CCC(C(=O)O)C(O)C3)c2Cl)cc2ccc(C(F)(F)F)cc21. The van der Waals surface area contributed by atoms with Crippen molar-refractivity contribution in [3.63, 3.8) is 0 Å². The van der Waals surface area contributed by atoms with E-state index in [1.807, 2.05) is 11.0 Å². The number of aliphatic carboxylic acids is 1. The normalized spacial score (nSPS) is 19.6. The number of alkyl halides is 3. The Morgan fingerprint density at radius 3 is 2.56 bits per heavy atom. The minimum atomic E-state index is -4.42. The van der Waals surface area contributed by atoms with Crippen molar-refractivity contribution in [2.45, 2.75) is 31.7 Å². The Labute approximate surface area is 204 Å². The van der Waals surface area contributed by atoms with Crippen LogP contribution in [-0.4, -0.2) is 44.8 Å². The first-order chi connectivity index (χ1) is 16.0. The lowest BCUT2D eigenvalue weighted by Gasteiger charge is -2.34. The molecular weight excluding hydrogens is 492 g/mol. The fourth-order valence-electron chi connectivity index (χ4n) is 4.51. The van der Waals surface area contributed by atoms with Gasteiger partial charge in [-0.2, -0.15) is 13.2 Å². The maximum atomic E-state index is 13.1. The van der Waals surface area contributed by atoms with Crippen LogP contribution in [0.2, 0.25) is 10.0 Å². The van der Waals surface area contributed by atoms with Crippen molar-refractivity contribution in [1.29, 1.82) is 0 Å². The smallest absolute Gasteiger partial charge is 0.416 e. The van der Waals surface area contributed by atoms with Crippen molar-refractivity contribution < 1.29 is 28.2 Å². The molecule has 0 aliphatic carbocycles. The number of hydrogen-bond donors (Lipinski definition) is 2. The lowest BCUT2D eigenvalue weighted by atomic mass is 9.93. The zero-order valence-corrected chi connectivity index (χ0v) is 19.8. The number of aliphatic hydroxyl groups is 1. The second-order valence-corrected chi connectivity index (χ2v) is 9.46. The third kappa shape index (κ3) is 4.91. The zero-order chi connectivity index (χ0) is 24.8. The summed E-state index contributed by atoms with van der Waals surface area (Å²) < 4.78 is 41.1. The number of β-amino-alcohol motifs (C(OH)–C–C–N with tert-alkyl or cyclic N) is 1. The Hall–Kier alpha value is -2.26. The predicted molar refractivity (Wildman–Crippen MR) is 124 cm³/mol. The van der Waals surface area contributed by atoms with Gasteiger partial charge in [0.1, 0.15) is 0 Å². The summed E-state index contributed by atoms with van der Waals surface area (Å²) >= 11 is 13.2. The maximum absolute atomic E-state index is 13.1. The number of hydrogen-bond acceptors (Lipinski definition) is 3. The van der Waals surface area contributed by atoms with Crippen molar-refractivity contribution in [1.82, 2.24) is 9.47 Å². The highest BCUT2D eigenvalue weighted by Gasteiger charge is 2.33. The lowest BCUT2D eigenvalue weighted by Crippen LogP contribution is -2.46. The van der Waals surface area contributed by atoms with Crippen molar-refractivity contribution >= 4 is 40.1 Å². The molecular formula is C24H23Cl2F3N2O3. The summed E-state index contributed by atoms with van der Waals surface area (Å²) in [4.78, 5) is 13.2. The van der Waals surface area contributed by atoms with Crippen LogP contribution >= 0.6 is 23.2 Å². The number of benzene rings is 2. The average molecular weight is 515 g/mol. The molecule has 10 heteroatoms. The highest BCUT2D eigenvalue weighted by Crippen LogP contribution is 2.35. The first-order valence-corrected chi connectivity index (χ1v) is 11.5. The first kappa shape index (κ1) is 24.9. The first-order valence-electron chi connectivity index (χ1n) is 10.7. The summed E-state index contributed by atoms with van der Waals surface area (Å²) in [6, 6.07) is 8.98. The number of aromatic nitrogens is 1. The molecule has 2 heterocycles. The zero-order valence-electron chi connectivity index (χ0n) is 18.2. The number of aryl methyl sites for hydroxylation is 1. The lowest BCUT2D eigenvalue weighted by molar-refractivity contribution is -0.148. The van der Waals surface area contributed by atoms with Gasteiger partial charge < -0.3 is 14.8 Å². The number of carboxylic acid groups (broad SMARTS) is 1. The van der Waals surface area contributed by atoms with Gasteiger partial charge in [-0.1, -0.05) is 35.3 Å². The van der Waals surface area contributed by atoms with E-state index in [-0.39, 0.29) is 6.54 Å². The quantitative estimate of drug-likeness (QED) is 0.480. The van der Waals surface area contributed by atoms with Gasteiger partial charge in [-0.15, -0.1) is 0 Å². The fourth-order valence-corrected chi connectivity index (χ4v) is 5.08. The Balaban J connectivity index is 1.59. The number of piperidine rings is 1. The highest BCUT2D eigenvalue weighted by atomic mass is 35.5. The van der Waals surface area contributed by atoms with Crippen LogP contribution in [0, 0.1) is 5.92 Å². The van der Waals surface area contributed by atoms with E-state index in [0.717, 1.165) is 23.4 Å². The van der Waals surface area contributed by atoms with Crippen LogP contribution in [0.25, 0.3) is 10.9 Å². The van der Waals surface area contributed by atoms with Gasteiger partial charge in [-0.25, -0.2) is 0 Å². The monoisotopic (exact) mass is 514 g/mol. The van der Waals surface area contributed by atoms with Gasteiger partial charge in [0.05, 0.1) is 22.6 Å². The molecule has 5 nitrogen and oxygen atoms in total. The summed E-state index contributed by atoms with van der Waals surface area (Å²) in [5.41, 5.74) is 1.94. The molecule has 1 aromatic heterocycles. The van der Waals surface area contributed by atoms with Gasteiger partial charge in [-0.3, -0.25) is 9.69 Å². The summed E-state index contributed by atoms with van der Waals surface area (Å²) in [7, 11) is 1.71. The number of halogens is 5. The van der Waals surface area contributed by atoms with E-state index in [9.17, 15) is 28.2 Å². The molecule has 182 valence electrons. The number of aliphatic hydroxyl groups excluding tert-OH is 1. The Kier molecular flexibility index (Phi) is 6.88. The van der Waals surface area contributed by atoms with Gasteiger partial charge in [0.15, 0.2) is 0 Å². The summed E-state index contributed by atoms with van der Waals surface area (Å²) in [6.45, 7) is 1.14. The van der Waals surface area contributed by atoms with E-state index in [4.69, 9.17) is 23.2 Å². The van der Waals surface area contributed by atoms with Gasteiger partial charge in [0.2, 0.25) is 0 Å². The standard InChI is InChI=1S/C24H23Cl2F3N2O3/c1-30-16(8-13-2-4-15(9-20(13)30)24(27,28)29)10-18-19(25)5-3-14(22(18)26)11-31-7-6-17(23(33)34)21(32)12-31/h2-5,8-9,17,21,32H,6-7,10-12H2,1H3,(H,33,34). The van der Waals surface area contributed by atoms with Crippen LogP contribution < -0.4 is 0 Å². The number of carboxylic acids is 1. The summed E-state index contributed by atoms with van der Waals surface area (Å²) in [5.74, 6) is -1.78. The number of rotatable bonds is 5. The molecule has 0 amide bonds. The van der Waals surface area contributed by atoms with Gasteiger partial charge in [-0.05, 0) is 53.7 Å². The van der Waals surface area contributed by atoms with E-state index >= 15 is 0 Å². The number of likely N-dealkylation sites (tertiary alicyclic amines) is 1. The van der Waals surface area contributed by atoms with Crippen LogP contribution in [0.3, 0.4) is 0 Å². The molecule has 1 fully saturated rings. The van der Waals surface area contributed by atoms with Crippen molar-refractivity contribution in [2.75, 3.05) is 13.1 Å². The molecule has 4 rings (SSSR count). The Morgan fingerprint density at radius 1 is 1.18 bits per heavy atom. The van der Waals surface area contributed by atoms with Gasteiger partial charge >= 0.3 is 12.1 Å². The van der Waals surface area contributed by atoms with Crippen LogP contribution in [0.5, 0.6) is 0 Å². The molecule has 2 unspecified atom stereocenters. The van der Waals surface area contributed by atoms with Crippen molar-refractivity contribution in [3.05, 3.63) is 68.8 Å². The van der Waals surface area contributed by atoms with Crippen LogP contribution in [0.15, 0.2) is 36.4 Å². The molecule has 2 atom stereocenters. The third-order valence-electron chi connectivity index (χ3n) is 6.47. The Bertz CT molecular complexity index is 1240. The van der Waals surface area contributed by atoms with E-state index < -0.39 is 29.7 Å². The van der Waals surface area contributed by atoms with E-state index in [2.05, 4.69) is 0 Å². The molecule has 2 aromatic carbocycles. The molecule has 0 spiro atoms. The molecule has 1 aliphatic heterocycles. The topological polar surface area (TPSA) is 65.7 Å². The maximum Gasteiger partial charge on any atom is 0.416 e. The second kappa shape index (κ2) is 9.41. The molecule has 34 heavy (non-hydrogen) atoms. The molecule has 0 bridgehead atoms. The fraction of sp³-hybridized carbons (Fsp3) is 0.375. The van der Waals surface area contributed by atoms with Crippen LogP contribution in [0.4, 0.5) is 13.2 Å². The minimum absolute atomic E-state index is 0.218. The average Bonchev–Trinajstić information content (AvgIpc) is 3.07. The minimum Gasteiger partial charge on any atom is -0.481 e. The van der Waals surface area contributed by atoms with Crippen molar-refractivity contribution in [3.8, 4) is 0 Å². The third-order valence-corrected chi connectivity index (χ3v) is 7.30. The van der Waals surface area contributed by atoms with Gasteiger partial charge in [0.25, 0.3) is 0 Å². The summed E-state index contributed by atoms with van der Waals surface area (Å²) in [5, 5.41) is 20.9. The van der Waals surface area contributed by atoms with Crippen molar-refractivity contribution in [2.24, 2.45) is 13.0 Å². The number of carbonyl (C=O) groups is 1. The molecule has 0 saturated carbocycles. The van der Waals surface area contributed by atoms with E-state index in [1.54, 1.807) is 23.7 Å². The van der Waals surface area contributed by atoms with Crippen LogP contribution in [0.1, 0.15) is 28.8 Å². The van der Waals surface area contributed by atoms with E-state index in [1.165, 1.54) is 6.07 Å². The number of fused-ring (bicyclic) bond motifs is 1. The highest BCUT2D eigenvalue weighted by molar-refractivity contribution is 6.36. The largest absolute Gasteiger partial charge is 0.481 e. The van der Waals surface area contributed by atoms with Gasteiger partial charge in [0, 0.05) is 42.8 Å². The predicted octanol–water partition coefficient (Wildman–Crippen LogP) is 5.36. The molecule has 1 aliphatic rings. The molecule has 2 N–H and O–H groups in total. The summed E-state index contributed by atoms with van der Waals surface area (Å²) in [6.07, 6.45) is -4.73.